The van der Waals surface area contributed by atoms with Crippen molar-refractivity contribution in [2.24, 2.45) is 0 Å². The molecule has 0 aromatic rings. The number of unbranched alkanes of at least 4 members (excludes halogenated alkanes) is 5. The van der Waals surface area contributed by atoms with E-state index in [0.717, 1.165) is 25.0 Å². The summed E-state index contributed by atoms with van der Waals surface area (Å²) in [6.07, 6.45) is 10.5. The minimum absolute atomic E-state index is 0.356. The smallest absolute Gasteiger partial charge is 0.434 e. The summed E-state index contributed by atoms with van der Waals surface area (Å²) in [5.41, 5.74) is 0. The van der Waals surface area contributed by atoms with Crippen molar-refractivity contribution in [1.29, 1.82) is 0 Å². The van der Waals surface area contributed by atoms with Gasteiger partial charge >= 0.3 is 6.16 Å². The SMILES string of the molecule is CC/C=C(/CCCCCCCC)OC(=O)OCC. The highest BCUT2D eigenvalue weighted by molar-refractivity contribution is 5.61. The summed E-state index contributed by atoms with van der Waals surface area (Å²) >= 11 is 0. The summed E-state index contributed by atoms with van der Waals surface area (Å²) in [4.78, 5) is 11.2. The minimum Gasteiger partial charge on any atom is -0.434 e. The van der Waals surface area contributed by atoms with Crippen LogP contribution in [0.3, 0.4) is 0 Å². The van der Waals surface area contributed by atoms with Crippen molar-refractivity contribution >= 4 is 6.16 Å². The van der Waals surface area contributed by atoms with E-state index in [1.165, 1.54) is 32.1 Å². The molecule has 3 heteroatoms. The van der Waals surface area contributed by atoms with Crippen LogP contribution in [0.15, 0.2) is 11.8 Å². The van der Waals surface area contributed by atoms with E-state index < -0.39 is 6.16 Å². The van der Waals surface area contributed by atoms with Crippen molar-refractivity contribution in [2.45, 2.75) is 72.1 Å². The summed E-state index contributed by atoms with van der Waals surface area (Å²) in [5, 5.41) is 0. The number of carbonyl (C=O) groups is 1. The van der Waals surface area contributed by atoms with Gasteiger partial charge in [0.1, 0.15) is 5.76 Å². The van der Waals surface area contributed by atoms with Crippen LogP contribution in [-0.2, 0) is 9.47 Å². The Kier molecular flexibility index (Phi) is 11.8. The molecule has 0 saturated heterocycles. The summed E-state index contributed by atoms with van der Waals surface area (Å²) in [6.45, 7) is 6.39. The molecule has 18 heavy (non-hydrogen) atoms. The van der Waals surface area contributed by atoms with Crippen LogP contribution >= 0.6 is 0 Å². The lowest BCUT2D eigenvalue weighted by Gasteiger charge is -2.08. The molecule has 0 aliphatic heterocycles. The van der Waals surface area contributed by atoms with Gasteiger partial charge in [0, 0.05) is 6.42 Å². The Morgan fingerprint density at radius 3 is 2.28 bits per heavy atom. The third-order valence-corrected chi connectivity index (χ3v) is 2.69. The molecule has 0 aromatic heterocycles. The summed E-state index contributed by atoms with van der Waals surface area (Å²) in [5.74, 6) is 0.756. The van der Waals surface area contributed by atoms with Gasteiger partial charge in [-0.1, -0.05) is 46.0 Å². The number of carbonyl (C=O) groups excluding carboxylic acids is 1. The minimum atomic E-state index is -0.580. The molecule has 0 saturated carbocycles. The van der Waals surface area contributed by atoms with Gasteiger partial charge in [-0.3, -0.25) is 0 Å². The van der Waals surface area contributed by atoms with Gasteiger partial charge < -0.3 is 9.47 Å². The van der Waals surface area contributed by atoms with Gasteiger partial charge in [-0.15, -0.1) is 0 Å². The first-order valence-electron chi connectivity index (χ1n) is 7.28. The third-order valence-electron chi connectivity index (χ3n) is 2.69. The van der Waals surface area contributed by atoms with Crippen LogP contribution < -0.4 is 0 Å². The second kappa shape index (κ2) is 12.5. The van der Waals surface area contributed by atoms with Crippen LogP contribution in [0.5, 0.6) is 0 Å². The monoisotopic (exact) mass is 256 g/mol. The largest absolute Gasteiger partial charge is 0.513 e. The normalized spacial score (nSPS) is 11.4. The molecule has 0 aliphatic carbocycles. The Labute approximate surface area is 112 Å². The quantitative estimate of drug-likeness (QED) is 0.306. The zero-order valence-electron chi connectivity index (χ0n) is 12.2. The third kappa shape index (κ3) is 10.2. The molecule has 0 atom stereocenters. The second-order valence-corrected chi connectivity index (χ2v) is 4.38. The predicted octanol–water partition coefficient (Wildman–Crippen LogP) is 5.20. The summed E-state index contributed by atoms with van der Waals surface area (Å²) in [6, 6.07) is 0. The first-order valence-corrected chi connectivity index (χ1v) is 7.28. The topological polar surface area (TPSA) is 35.5 Å². The van der Waals surface area contributed by atoms with E-state index >= 15 is 0 Å². The number of ether oxygens (including phenoxy) is 2. The fraction of sp³-hybridized carbons (Fsp3) is 0.800. The van der Waals surface area contributed by atoms with E-state index in [4.69, 9.17) is 9.47 Å². The number of hydrogen-bond acceptors (Lipinski definition) is 3. The van der Waals surface area contributed by atoms with Crippen LogP contribution in [0.2, 0.25) is 0 Å². The maximum absolute atomic E-state index is 11.2. The van der Waals surface area contributed by atoms with Crippen LogP contribution in [0.4, 0.5) is 4.79 Å². The van der Waals surface area contributed by atoms with Crippen molar-refractivity contribution in [3.05, 3.63) is 11.8 Å². The Morgan fingerprint density at radius 2 is 1.67 bits per heavy atom. The molecule has 0 fully saturated rings. The molecule has 0 bridgehead atoms. The Balaban J connectivity index is 3.77. The van der Waals surface area contributed by atoms with Crippen LogP contribution in [0.1, 0.15) is 72.1 Å². The van der Waals surface area contributed by atoms with E-state index in [0.29, 0.717) is 6.61 Å². The van der Waals surface area contributed by atoms with E-state index in [-0.39, 0.29) is 0 Å². The number of hydrogen-bond donors (Lipinski definition) is 0. The van der Waals surface area contributed by atoms with E-state index in [2.05, 4.69) is 6.92 Å². The van der Waals surface area contributed by atoms with Crippen LogP contribution in [0, 0.1) is 0 Å². The van der Waals surface area contributed by atoms with Crippen LogP contribution in [0.25, 0.3) is 0 Å². The molecule has 0 rings (SSSR count). The predicted molar refractivity (Wildman–Crippen MR) is 74.5 cm³/mol. The molecule has 0 spiro atoms. The van der Waals surface area contributed by atoms with Gasteiger partial charge in [0.05, 0.1) is 6.61 Å². The standard InChI is InChI=1S/C15H28O3/c1-4-7-8-9-10-11-13-14(12-5-2)18-15(16)17-6-3/h12H,4-11,13H2,1-3H3/b14-12-. The van der Waals surface area contributed by atoms with Crippen molar-refractivity contribution in [3.8, 4) is 0 Å². The first-order chi connectivity index (χ1) is 8.74. The highest BCUT2D eigenvalue weighted by Crippen LogP contribution is 2.14. The van der Waals surface area contributed by atoms with Gasteiger partial charge in [-0.05, 0) is 25.8 Å². The molecular weight excluding hydrogens is 228 g/mol. The van der Waals surface area contributed by atoms with Gasteiger partial charge in [-0.2, -0.15) is 0 Å². The van der Waals surface area contributed by atoms with Crippen molar-refractivity contribution in [2.75, 3.05) is 6.61 Å². The van der Waals surface area contributed by atoms with Gasteiger partial charge in [-0.25, -0.2) is 4.79 Å². The maximum Gasteiger partial charge on any atom is 0.513 e. The van der Waals surface area contributed by atoms with E-state index in [1.54, 1.807) is 6.92 Å². The molecule has 0 aromatic carbocycles. The van der Waals surface area contributed by atoms with Crippen molar-refractivity contribution in [1.82, 2.24) is 0 Å². The van der Waals surface area contributed by atoms with Crippen molar-refractivity contribution < 1.29 is 14.3 Å². The first kappa shape index (κ1) is 17.0. The average molecular weight is 256 g/mol. The molecule has 0 radical (unpaired) electrons. The zero-order valence-corrected chi connectivity index (χ0v) is 12.2. The highest BCUT2D eigenvalue weighted by atomic mass is 16.7. The molecule has 0 unspecified atom stereocenters. The molecule has 0 heterocycles. The fourth-order valence-corrected chi connectivity index (χ4v) is 1.76. The average Bonchev–Trinajstić information content (AvgIpc) is 2.34. The second-order valence-electron chi connectivity index (χ2n) is 4.38. The maximum atomic E-state index is 11.2. The molecule has 3 nitrogen and oxygen atoms in total. The number of rotatable bonds is 10. The lowest BCUT2D eigenvalue weighted by atomic mass is 10.1. The molecule has 0 aliphatic rings. The Bertz CT molecular complexity index is 234. The van der Waals surface area contributed by atoms with Gasteiger partial charge in [0.2, 0.25) is 0 Å². The molecule has 106 valence electrons. The fourth-order valence-electron chi connectivity index (χ4n) is 1.76. The highest BCUT2D eigenvalue weighted by Gasteiger charge is 2.07. The summed E-state index contributed by atoms with van der Waals surface area (Å²) in [7, 11) is 0. The molecule has 0 amide bonds. The summed E-state index contributed by atoms with van der Waals surface area (Å²) < 4.78 is 9.94. The van der Waals surface area contributed by atoms with E-state index in [1.807, 2.05) is 13.0 Å². The van der Waals surface area contributed by atoms with Gasteiger partial charge in [0.15, 0.2) is 0 Å². The van der Waals surface area contributed by atoms with Crippen molar-refractivity contribution in [3.63, 3.8) is 0 Å². The molecule has 0 N–H and O–H groups in total. The zero-order chi connectivity index (χ0) is 13.6. The number of allylic oxidation sites excluding steroid dienone is 2. The lowest BCUT2D eigenvalue weighted by molar-refractivity contribution is 0.0789. The molecular formula is C15H28O3. The lowest BCUT2D eigenvalue weighted by Crippen LogP contribution is -2.07. The van der Waals surface area contributed by atoms with Crippen LogP contribution in [-0.4, -0.2) is 12.8 Å². The van der Waals surface area contributed by atoms with Gasteiger partial charge in [0.25, 0.3) is 0 Å². The van der Waals surface area contributed by atoms with E-state index in [9.17, 15) is 4.79 Å². The Hall–Kier alpha value is -0.990. The Morgan fingerprint density at radius 1 is 1.00 bits per heavy atom.